The maximum absolute atomic E-state index is 9.51. The van der Waals surface area contributed by atoms with E-state index in [4.69, 9.17) is 4.52 Å². The average molecular weight is 274 g/mol. The van der Waals surface area contributed by atoms with E-state index in [-0.39, 0.29) is 11.5 Å². The molecule has 1 aliphatic rings. The monoisotopic (exact) mass is 274 g/mol. The van der Waals surface area contributed by atoms with Crippen LogP contribution in [0.5, 0.6) is 11.5 Å². The number of phenols is 2. The number of hydrogen-bond donors (Lipinski definition) is 2. The standard InChI is InChI=1S/C15H18N2O3/c1-9-2-4-10(5-3-9)14-16-15(20-17-14)11-6-7-12(18)13(19)8-11/h6-10,18-19H,2-5H2,1H3. The maximum atomic E-state index is 9.51. The van der Waals surface area contributed by atoms with Crippen LogP contribution in [0.3, 0.4) is 0 Å². The van der Waals surface area contributed by atoms with E-state index in [1.807, 2.05) is 0 Å². The Hall–Kier alpha value is -2.04. The molecule has 5 nitrogen and oxygen atoms in total. The Morgan fingerprint density at radius 2 is 1.85 bits per heavy atom. The summed E-state index contributed by atoms with van der Waals surface area (Å²) in [7, 11) is 0. The molecule has 20 heavy (non-hydrogen) atoms. The summed E-state index contributed by atoms with van der Waals surface area (Å²) in [5, 5.41) is 22.9. The second-order valence-corrected chi connectivity index (χ2v) is 5.62. The molecule has 2 N–H and O–H groups in total. The smallest absolute Gasteiger partial charge is 0.258 e. The fourth-order valence-electron chi connectivity index (χ4n) is 2.69. The first-order valence-corrected chi connectivity index (χ1v) is 6.99. The van der Waals surface area contributed by atoms with Crippen molar-refractivity contribution in [2.24, 2.45) is 5.92 Å². The summed E-state index contributed by atoms with van der Waals surface area (Å²) in [6.07, 6.45) is 4.60. The van der Waals surface area contributed by atoms with Crippen LogP contribution in [0.4, 0.5) is 0 Å². The minimum atomic E-state index is -0.186. The Balaban J connectivity index is 1.81. The van der Waals surface area contributed by atoms with Crippen LogP contribution in [0.1, 0.15) is 44.3 Å². The summed E-state index contributed by atoms with van der Waals surface area (Å²) in [6, 6.07) is 4.49. The van der Waals surface area contributed by atoms with Crippen LogP contribution in [0.2, 0.25) is 0 Å². The average Bonchev–Trinajstić information content (AvgIpc) is 2.92. The summed E-state index contributed by atoms with van der Waals surface area (Å²) < 4.78 is 5.27. The van der Waals surface area contributed by atoms with Gasteiger partial charge in [-0.3, -0.25) is 0 Å². The first-order chi connectivity index (χ1) is 9.63. The van der Waals surface area contributed by atoms with Gasteiger partial charge in [0, 0.05) is 11.5 Å². The van der Waals surface area contributed by atoms with Gasteiger partial charge in [0.15, 0.2) is 17.3 Å². The van der Waals surface area contributed by atoms with Gasteiger partial charge in [-0.05, 0) is 37.0 Å². The number of rotatable bonds is 2. The molecule has 1 fully saturated rings. The quantitative estimate of drug-likeness (QED) is 0.820. The molecule has 0 saturated heterocycles. The molecular weight excluding hydrogens is 256 g/mol. The molecule has 0 radical (unpaired) electrons. The lowest BCUT2D eigenvalue weighted by Gasteiger charge is -2.23. The number of benzene rings is 1. The van der Waals surface area contributed by atoms with Crippen LogP contribution in [0.15, 0.2) is 22.7 Å². The maximum Gasteiger partial charge on any atom is 0.258 e. The molecule has 0 aliphatic heterocycles. The van der Waals surface area contributed by atoms with Crippen LogP contribution in [0, 0.1) is 5.92 Å². The number of aromatic hydroxyl groups is 2. The van der Waals surface area contributed by atoms with Crippen molar-refractivity contribution in [2.75, 3.05) is 0 Å². The zero-order valence-corrected chi connectivity index (χ0v) is 11.4. The molecule has 106 valence electrons. The first-order valence-electron chi connectivity index (χ1n) is 6.99. The molecule has 5 heteroatoms. The normalized spacial score (nSPS) is 22.9. The van der Waals surface area contributed by atoms with Gasteiger partial charge in [0.2, 0.25) is 0 Å². The molecule has 0 unspecified atom stereocenters. The topological polar surface area (TPSA) is 79.4 Å². The number of aromatic nitrogens is 2. The molecule has 1 saturated carbocycles. The molecule has 1 aromatic carbocycles. The third-order valence-corrected chi connectivity index (χ3v) is 4.05. The van der Waals surface area contributed by atoms with Crippen molar-refractivity contribution in [3.8, 4) is 23.0 Å². The molecule has 0 amide bonds. The van der Waals surface area contributed by atoms with E-state index in [2.05, 4.69) is 17.1 Å². The zero-order chi connectivity index (χ0) is 14.1. The summed E-state index contributed by atoms with van der Waals surface area (Å²) in [5.74, 6) is 1.94. The minimum absolute atomic E-state index is 0.158. The van der Waals surface area contributed by atoms with E-state index in [1.54, 1.807) is 6.07 Å². The van der Waals surface area contributed by atoms with Crippen LogP contribution >= 0.6 is 0 Å². The molecule has 3 rings (SSSR count). The number of hydrogen-bond acceptors (Lipinski definition) is 5. The summed E-state index contributed by atoms with van der Waals surface area (Å²) in [5.41, 5.74) is 0.614. The minimum Gasteiger partial charge on any atom is -0.504 e. The Labute approximate surface area is 117 Å². The van der Waals surface area contributed by atoms with Gasteiger partial charge in [0.25, 0.3) is 5.89 Å². The Kier molecular flexibility index (Phi) is 3.34. The highest BCUT2D eigenvalue weighted by Gasteiger charge is 2.24. The lowest BCUT2D eigenvalue weighted by Crippen LogP contribution is -2.11. The molecule has 1 aromatic heterocycles. The highest BCUT2D eigenvalue weighted by molar-refractivity contribution is 5.58. The fraction of sp³-hybridized carbons (Fsp3) is 0.467. The largest absolute Gasteiger partial charge is 0.504 e. The molecule has 0 atom stereocenters. The van der Waals surface area contributed by atoms with E-state index in [0.717, 1.165) is 24.6 Å². The molecule has 0 spiro atoms. The Morgan fingerprint density at radius 3 is 2.55 bits per heavy atom. The van der Waals surface area contributed by atoms with Gasteiger partial charge in [-0.25, -0.2) is 0 Å². The van der Waals surface area contributed by atoms with Gasteiger partial charge >= 0.3 is 0 Å². The second-order valence-electron chi connectivity index (χ2n) is 5.62. The number of phenolic OH excluding ortho intramolecular Hbond substituents is 2. The second kappa shape index (κ2) is 5.15. The molecule has 1 heterocycles. The van der Waals surface area contributed by atoms with E-state index in [0.29, 0.717) is 17.4 Å². The first kappa shape index (κ1) is 13.0. The van der Waals surface area contributed by atoms with Crippen molar-refractivity contribution in [3.05, 3.63) is 24.0 Å². The van der Waals surface area contributed by atoms with E-state index in [9.17, 15) is 10.2 Å². The third-order valence-electron chi connectivity index (χ3n) is 4.05. The van der Waals surface area contributed by atoms with Gasteiger partial charge in [-0.2, -0.15) is 4.98 Å². The van der Waals surface area contributed by atoms with Gasteiger partial charge in [-0.15, -0.1) is 0 Å². The Bertz CT molecular complexity index is 601. The van der Waals surface area contributed by atoms with Crippen LogP contribution in [-0.2, 0) is 0 Å². The van der Waals surface area contributed by atoms with Gasteiger partial charge in [0.1, 0.15) is 0 Å². The summed E-state index contributed by atoms with van der Waals surface area (Å²) >= 11 is 0. The molecule has 0 bridgehead atoms. The van der Waals surface area contributed by atoms with Crippen molar-refractivity contribution in [2.45, 2.75) is 38.5 Å². The van der Waals surface area contributed by atoms with Gasteiger partial charge in [-0.1, -0.05) is 24.9 Å². The van der Waals surface area contributed by atoms with Crippen molar-refractivity contribution in [1.29, 1.82) is 0 Å². The molecule has 1 aliphatic carbocycles. The van der Waals surface area contributed by atoms with Crippen LogP contribution in [0.25, 0.3) is 11.5 Å². The predicted octanol–water partition coefficient (Wildman–Crippen LogP) is 3.44. The van der Waals surface area contributed by atoms with Crippen LogP contribution < -0.4 is 0 Å². The highest BCUT2D eigenvalue weighted by Crippen LogP contribution is 2.35. The van der Waals surface area contributed by atoms with Crippen molar-refractivity contribution < 1.29 is 14.7 Å². The summed E-state index contributed by atoms with van der Waals surface area (Å²) in [6.45, 7) is 2.27. The van der Waals surface area contributed by atoms with Crippen molar-refractivity contribution >= 4 is 0 Å². The van der Waals surface area contributed by atoms with Gasteiger partial charge in [0.05, 0.1) is 0 Å². The van der Waals surface area contributed by atoms with Crippen LogP contribution in [-0.4, -0.2) is 20.4 Å². The zero-order valence-electron chi connectivity index (χ0n) is 11.4. The highest BCUT2D eigenvalue weighted by atomic mass is 16.5. The lowest BCUT2D eigenvalue weighted by molar-refractivity contribution is 0.329. The third kappa shape index (κ3) is 2.48. The van der Waals surface area contributed by atoms with E-state index < -0.39 is 0 Å². The molecule has 2 aromatic rings. The van der Waals surface area contributed by atoms with E-state index >= 15 is 0 Å². The van der Waals surface area contributed by atoms with Crippen molar-refractivity contribution in [1.82, 2.24) is 10.1 Å². The van der Waals surface area contributed by atoms with Gasteiger partial charge < -0.3 is 14.7 Å². The fourth-order valence-corrected chi connectivity index (χ4v) is 2.69. The van der Waals surface area contributed by atoms with E-state index in [1.165, 1.54) is 25.0 Å². The predicted molar refractivity (Wildman–Crippen MR) is 73.4 cm³/mol. The Morgan fingerprint density at radius 1 is 1.10 bits per heavy atom. The molecular formula is C15H18N2O3. The lowest BCUT2D eigenvalue weighted by atomic mass is 9.83. The summed E-state index contributed by atoms with van der Waals surface area (Å²) in [4.78, 5) is 4.43. The van der Waals surface area contributed by atoms with Crippen molar-refractivity contribution in [3.63, 3.8) is 0 Å². The number of nitrogens with zero attached hydrogens (tertiary/aromatic N) is 2. The SMILES string of the molecule is CC1CCC(c2noc(-c3ccc(O)c(O)c3)n2)CC1.